The zero-order valence-corrected chi connectivity index (χ0v) is 6.14. The fourth-order valence-electron chi connectivity index (χ4n) is 0.803. The molecule has 1 aromatic heterocycles. The van der Waals surface area contributed by atoms with E-state index in [1.54, 1.807) is 12.4 Å². The van der Waals surface area contributed by atoms with Crippen molar-refractivity contribution in [3.63, 3.8) is 0 Å². The Morgan fingerprint density at radius 3 is 2.64 bits per heavy atom. The summed E-state index contributed by atoms with van der Waals surface area (Å²) in [4.78, 5) is 7.65. The van der Waals surface area contributed by atoms with Crippen molar-refractivity contribution < 1.29 is 5.11 Å². The van der Waals surface area contributed by atoms with Crippen LogP contribution in [-0.4, -0.2) is 27.7 Å². The van der Waals surface area contributed by atoms with Gasteiger partial charge < -0.3 is 10.8 Å². The molecule has 0 aliphatic rings. The van der Waals surface area contributed by atoms with Gasteiger partial charge in [0.15, 0.2) is 0 Å². The average molecular weight is 153 g/mol. The molecule has 0 saturated heterocycles. The van der Waals surface area contributed by atoms with Crippen molar-refractivity contribution in [1.29, 1.82) is 0 Å². The SMILES string of the molecule is NC(CO)Cc1cncnc1. The first-order valence-electron chi connectivity index (χ1n) is 3.43. The normalized spacial score (nSPS) is 12.9. The fourth-order valence-corrected chi connectivity index (χ4v) is 0.803. The number of nitrogens with zero attached hydrogens (tertiary/aromatic N) is 2. The van der Waals surface area contributed by atoms with Crippen LogP contribution in [0, 0.1) is 0 Å². The lowest BCUT2D eigenvalue weighted by molar-refractivity contribution is 0.265. The average Bonchev–Trinajstić information content (AvgIpc) is 2.06. The summed E-state index contributed by atoms with van der Waals surface area (Å²) < 4.78 is 0. The van der Waals surface area contributed by atoms with Crippen LogP contribution in [0.2, 0.25) is 0 Å². The molecule has 4 heteroatoms. The van der Waals surface area contributed by atoms with Gasteiger partial charge in [-0.05, 0) is 12.0 Å². The Balaban J connectivity index is 2.51. The molecule has 60 valence electrons. The lowest BCUT2D eigenvalue weighted by Crippen LogP contribution is -2.26. The zero-order valence-electron chi connectivity index (χ0n) is 6.14. The third-order valence-corrected chi connectivity index (χ3v) is 1.35. The molecule has 4 nitrogen and oxygen atoms in total. The number of rotatable bonds is 3. The maximum Gasteiger partial charge on any atom is 0.115 e. The molecule has 1 heterocycles. The molecule has 0 saturated carbocycles. The monoisotopic (exact) mass is 153 g/mol. The summed E-state index contributed by atoms with van der Waals surface area (Å²) in [5, 5.41) is 8.63. The summed E-state index contributed by atoms with van der Waals surface area (Å²) in [7, 11) is 0. The Hall–Kier alpha value is -1.00. The van der Waals surface area contributed by atoms with Crippen molar-refractivity contribution in [2.75, 3.05) is 6.61 Å². The van der Waals surface area contributed by atoms with E-state index in [0.29, 0.717) is 6.42 Å². The molecule has 1 aromatic rings. The van der Waals surface area contributed by atoms with Crippen molar-refractivity contribution in [3.05, 3.63) is 24.3 Å². The van der Waals surface area contributed by atoms with Crippen LogP contribution in [0.25, 0.3) is 0 Å². The lowest BCUT2D eigenvalue weighted by atomic mass is 10.1. The number of aromatic nitrogens is 2. The van der Waals surface area contributed by atoms with E-state index in [-0.39, 0.29) is 12.6 Å². The molecule has 11 heavy (non-hydrogen) atoms. The van der Waals surface area contributed by atoms with Crippen LogP contribution in [0.4, 0.5) is 0 Å². The second-order valence-corrected chi connectivity index (χ2v) is 2.39. The van der Waals surface area contributed by atoms with Crippen LogP contribution >= 0.6 is 0 Å². The van der Waals surface area contributed by atoms with Gasteiger partial charge in [0.1, 0.15) is 6.33 Å². The largest absolute Gasteiger partial charge is 0.395 e. The van der Waals surface area contributed by atoms with E-state index in [9.17, 15) is 0 Å². The molecule has 0 spiro atoms. The molecule has 0 aliphatic carbocycles. The minimum Gasteiger partial charge on any atom is -0.395 e. The van der Waals surface area contributed by atoms with Crippen LogP contribution in [-0.2, 0) is 6.42 Å². The molecule has 0 fully saturated rings. The summed E-state index contributed by atoms with van der Waals surface area (Å²) in [6.07, 6.45) is 5.48. The minimum absolute atomic E-state index is 0.00507. The fraction of sp³-hybridized carbons (Fsp3) is 0.429. The summed E-state index contributed by atoms with van der Waals surface area (Å²) in [5.41, 5.74) is 6.45. The molecule has 1 atom stereocenters. The number of aliphatic hydroxyl groups excluding tert-OH is 1. The number of hydrogen-bond donors (Lipinski definition) is 2. The Morgan fingerprint density at radius 1 is 1.45 bits per heavy atom. The van der Waals surface area contributed by atoms with E-state index in [0.717, 1.165) is 5.56 Å². The van der Waals surface area contributed by atoms with Gasteiger partial charge in [0.05, 0.1) is 6.61 Å². The maximum atomic E-state index is 8.63. The van der Waals surface area contributed by atoms with Gasteiger partial charge in [-0.1, -0.05) is 0 Å². The second-order valence-electron chi connectivity index (χ2n) is 2.39. The van der Waals surface area contributed by atoms with Crippen molar-refractivity contribution in [2.24, 2.45) is 5.73 Å². The van der Waals surface area contributed by atoms with Gasteiger partial charge in [-0.2, -0.15) is 0 Å². The Kier molecular flexibility index (Phi) is 2.95. The van der Waals surface area contributed by atoms with E-state index in [1.807, 2.05) is 0 Å². The molecule has 0 bridgehead atoms. The third kappa shape index (κ3) is 2.61. The van der Waals surface area contributed by atoms with E-state index in [1.165, 1.54) is 6.33 Å². The van der Waals surface area contributed by atoms with Gasteiger partial charge in [-0.3, -0.25) is 0 Å². The van der Waals surface area contributed by atoms with Gasteiger partial charge in [0.2, 0.25) is 0 Å². The van der Waals surface area contributed by atoms with Gasteiger partial charge in [0.25, 0.3) is 0 Å². The summed E-state index contributed by atoms with van der Waals surface area (Å²) in [5.74, 6) is 0. The maximum absolute atomic E-state index is 8.63. The highest BCUT2D eigenvalue weighted by atomic mass is 16.3. The Bertz CT molecular complexity index is 202. The van der Waals surface area contributed by atoms with Crippen LogP contribution in [0.1, 0.15) is 5.56 Å². The molecular formula is C7H11N3O. The minimum atomic E-state index is -0.207. The van der Waals surface area contributed by atoms with Crippen LogP contribution < -0.4 is 5.73 Å². The number of hydrogen-bond acceptors (Lipinski definition) is 4. The van der Waals surface area contributed by atoms with Gasteiger partial charge in [-0.25, -0.2) is 9.97 Å². The smallest absolute Gasteiger partial charge is 0.115 e. The van der Waals surface area contributed by atoms with E-state index >= 15 is 0 Å². The van der Waals surface area contributed by atoms with Crippen molar-refractivity contribution in [3.8, 4) is 0 Å². The quantitative estimate of drug-likeness (QED) is 0.604. The molecule has 0 aromatic carbocycles. The van der Waals surface area contributed by atoms with Crippen LogP contribution in [0.5, 0.6) is 0 Å². The summed E-state index contributed by atoms with van der Waals surface area (Å²) in [6, 6.07) is -0.207. The van der Waals surface area contributed by atoms with E-state index < -0.39 is 0 Å². The molecule has 1 unspecified atom stereocenters. The van der Waals surface area contributed by atoms with Crippen molar-refractivity contribution >= 4 is 0 Å². The van der Waals surface area contributed by atoms with Gasteiger partial charge >= 0.3 is 0 Å². The van der Waals surface area contributed by atoms with Gasteiger partial charge in [-0.15, -0.1) is 0 Å². The first kappa shape index (κ1) is 8.10. The molecule has 0 aliphatic heterocycles. The molecular weight excluding hydrogens is 142 g/mol. The summed E-state index contributed by atoms with van der Waals surface area (Å²) in [6.45, 7) is -0.00507. The molecule has 0 radical (unpaired) electrons. The number of aliphatic hydroxyl groups is 1. The standard InChI is InChI=1S/C7H11N3O/c8-7(4-11)1-6-2-9-5-10-3-6/h2-3,5,7,11H,1,4,8H2. The highest BCUT2D eigenvalue weighted by molar-refractivity contribution is 5.04. The number of nitrogens with two attached hydrogens (primary N) is 1. The highest BCUT2D eigenvalue weighted by Crippen LogP contribution is 1.96. The van der Waals surface area contributed by atoms with E-state index in [4.69, 9.17) is 10.8 Å². The van der Waals surface area contributed by atoms with Crippen LogP contribution in [0.15, 0.2) is 18.7 Å². The Labute approximate surface area is 65.1 Å². The third-order valence-electron chi connectivity index (χ3n) is 1.35. The Morgan fingerprint density at radius 2 is 2.09 bits per heavy atom. The van der Waals surface area contributed by atoms with Crippen LogP contribution in [0.3, 0.4) is 0 Å². The first-order valence-corrected chi connectivity index (χ1v) is 3.43. The van der Waals surface area contributed by atoms with E-state index in [2.05, 4.69) is 9.97 Å². The molecule has 3 N–H and O–H groups in total. The lowest BCUT2D eigenvalue weighted by Gasteiger charge is -2.05. The second kappa shape index (κ2) is 4.00. The predicted molar refractivity (Wildman–Crippen MR) is 40.8 cm³/mol. The van der Waals surface area contributed by atoms with Crippen molar-refractivity contribution in [2.45, 2.75) is 12.5 Å². The molecule has 0 amide bonds. The predicted octanol–water partition coefficient (Wildman–Crippen LogP) is -0.661. The van der Waals surface area contributed by atoms with Gasteiger partial charge in [0, 0.05) is 18.4 Å². The molecule has 1 rings (SSSR count). The topological polar surface area (TPSA) is 72.0 Å². The first-order chi connectivity index (χ1) is 5.33. The highest BCUT2D eigenvalue weighted by Gasteiger charge is 2.01. The van der Waals surface area contributed by atoms with Crippen molar-refractivity contribution in [1.82, 2.24) is 9.97 Å². The summed E-state index contributed by atoms with van der Waals surface area (Å²) >= 11 is 0. The zero-order chi connectivity index (χ0) is 8.10.